The summed E-state index contributed by atoms with van der Waals surface area (Å²) >= 11 is 5.93. The maximum atomic E-state index is 13.2. The Balaban J connectivity index is 1.57. The summed E-state index contributed by atoms with van der Waals surface area (Å²) in [6.07, 6.45) is 2.31. The molecular formula is C24H22ClN3O2. The summed E-state index contributed by atoms with van der Waals surface area (Å²) in [5.41, 5.74) is 3.15. The molecule has 2 amide bonds. The van der Waals surface area contributed by atoms with Gasteiger partial charge in [0.05, 0.1) is 0 Å². The smallest absolute Gasteiger partial charge is 0.255 e. The van der Waals surface area contributed by atoms with E-state index in [1.54, 1.807) is 29.3 Å². The number of hydrogen-bond acceptors (Lipinski definition) is 3. The molecule has 152 valence electrons. The van der Waals surface area contributed by atoms with Crippen LogP contribution in [0.25, 0.3) is 0 Å². The number of fused-ring (bicyclic) bond motifs is 1. The Hall–Kier alpha value is -3.18. The van der Waals surface area contributed by atoms with Gasteiger partial charge in [0.2, 0.25) is 5.91 Å². The zero-order valence-electron chi connectivity index (χ0n) is 16.6. The first kappa shape index (κ1) is 20.1. The minimum atomic E-state index is -0.667. The third-order valence-corrected chi connectivity index (χ3v) is 5.58. The van der Waals surface area contributed by atoms with Crippen LogP contribution in [0.15, 0.2) is 72.9 Å². The average molecular weight is 420 g/mol. The normalized spacial score (nSPS) is 16.3. The molecule has 3 aromatic rings. The van der Waals surface area contributed by atoms with Crippen molar-refractivity contribution in [2.24, 2.45) is 0 Å². The highest BCUT2D eigenvalue weighted by Crippen LogP contribution is 2.36. The van der Waals surface area contributed by atoms with Crippen LogP contribution < -0.4 is 5.32 Å². The summed E-state index contributed by atoms with van der Waals surface area (Å²) < 4.78 is 0. The Kier molecular flexibility index (Phi) is 5.81. The number of benzene rings is 2. The predicted molar refractivity (Wildman–Crippen MR) is 116 cm³/mol. The quantitative estimate of drug-likeness (QED) is 0.652. The van der Waals surface area contributed by atoms with E-state index in [0.29, 0.717) is 23.6 Å². The zero-order valence-corrected chi connectivity index (χ0v) is 17.3. The number of nitrogens with zero attached hydrogens (tertiary/aromatic N) is 2. The van der Waals surface area contributed by atoms with Crippen LogP contribution in [-0.4, -0.2) is 27.7 Å². The summed E-state index contributed by atoms with van der Waals surface area (Å²) in [7, 11) is 0. The number of aromatic nitrogens is 1. The third kappa shape index (κ3) is 4.07. The van der Waals surface area contributed by atoms with Gasteiger partial charge in [0.25, 0.3) is 5.91 Å². The predicted octanol–water partition coefficient (Wildman–Crippen LogP) is 4.18. The van der Waals surface area contributed by atoms with Gasteiger partial charge < -0.3 is 10.2 Å². The summed E-state index contributed by atoms with van der Waals surface area (Å²) in [6, 6.07) is 19.5. The molecule has 0 spiro atoms. The van der Waals surface area contributed by atoms with Crippen molar-refractivity contribution < 1.29 is 9.59 Å². The van der Waals surface area contributed by atoms with Gasteiger partial charge in [0.1, 0.15) is 6.04 Å². The lowest BCUT2D eigenvalue weighted by Gasteiger charge is -2.30. The van der Waals surface area contributed by atoms with E-state index < -0.39 is 6.04 Å². The van der Waals surface area contributed by atoms with E-state index in [2.05, 4.69) is 10.3 Å². The SMILES string of the molecule is CC(Cc1ccccn1)N1C(=O)c2ccccc2C1C(=O)NCc1ccc(Cl)cc1. The molecule has 1 aromatic heterocycles. The maximum Gasteiger partial charge on any atom is 0.255 e. The summed E-state index contributed by atoms with van der Waals surface area (Å²) in [5.74, 6) is -0.322. The van der Waals surface area contributed by atoms with E-state index in [-0.39, 0.29) is 17.9 Å². The molecule has 1 aliphatic heterocycles. The second-order valence-electron chi connectivity index (χ2n) is 7.42. The van der Waals surface area contributed by atoms with Crippen molar-refractivity contribution in [3.8, 4) is 0 Å². The van der Waals surface area contributed by atoms with Gasteiger partial charge in [-0.1, -0.05) is 48.0 Å². The Labute approximate surface area is 180 Å². The first-order chi connectivity index (χ1) is 14.5. The van der Waals surface area contributed by atoms with Crippen LogP contribution in [0.2, 0.25) is 5.02 Å². The molecule has 0 radical (unpaired) electrons. The van der Waals surface area contributed by atoms with E-state index in [0.717, 1.165) is 16.8 Å². The largest absolute Gasteiger partial charge is 0.350 e. The van der Waals surface area contributed by atoms with E-state index in [4.69, 9.17) is 11.6 Å². The number of amides is 2. The number of nitrogens with one attached hydrogen (secondary N) is 1. The lowest BCUT2D eigenvalue weighted by Crippen LogP contribution is -2.44. The fourth-order valence-corrected chi connectivity index (χ4v) is 3.99. The van der Waals surface area contributed by atoms with Gasteiger partial charge in [0.15, 0.2) is 0 Å². The zero-order chi connectivity index (χ0) is 21.1. The van der Waals surface area contributed by atoms with Gasteiger partial charge in [-0.25, -0.2) is 0 Å². The number of hydrogen-bond donors (Lipinski definition) is 1. The molecule has 0 bridgehead atoms. The van der Waals surface area contributed by atoms with Gasteiger partial charge in [-0.05, 0) is 48.4 Å². The number of pyridine rings is 1. The molecule has 0 aliphatic carbocycles. The van der Waals surface area contributed by atoms with Crippen LogP contribution in [0.1, 0.15) is 40.1 Å². The maximum absolute atomic E-state index is 13.2. The molecule has 1 aliphatic rings. The lowest BCUT2D eigenvalue weighted by molar-refractivity contribution is -0.126. The van der Waals surface area contributed by atoms with Crippen LogP contribution in [0.5, 0.6) is 0 Å². The van der Waals surface area contributed by atoms with Gasteiger partial charge in [-0.3, -0.25) is 14.6 Å². The van der Waals surface area contributed by atoms with Crippen LogP contribution >= 0.6 is 11.6 Å². The van der Waals surface area contributed by atoms with E-state index >= 15 is 0 Å². The highest BCUT2D eigenvalue weighted by atomic mass is 35.5. The molecule has 4 rings (SSSR count). The van der Waals surface area contributed by atoms with Gasteiger partial charge in [-0.2, -0.15) is 0 Å². The van der Waals surface area contributed by atoms with Gasteiger partial charge in [-0.15, -0.1) is 0 Å². The van der Waals surface area contributed by atoms with Crippen molar-refractivity contribution in [1.82, 2.24) is 15.2 Å². The fourth-order valence-electron chi connectivity index (χ4n) is 3.87. The van der Waals surface area contributed by atoms with Crippen molar-refractivity contribution in [1.29, 1.82) is 0 Å². The van der Waals surface area contributed by atoms with Gasteiger partial charge in [0, 0.05) is 41.5 Å². The standard InChI is InChI=1S/C24H22ClN3O2/c1-16(14-19-6-4-5-13-26-19)28-22(20-7-2-3-8-21(20)24(28)30)23(29)27-15-17-9-11-18(25)12-10-17/h2-13,16,22H,14-15H2,1H3,(H,27,29). The minimum Gasteiger partial charge on any atom is -0.350 e. The average Bonchev–Trinajstić information content (AvgIpc) is 3.07. The Morgan fingerprint density at radius 1 is 1.10 bits per heavy atom. The third-order valence-electron chi connectivity index (χ3n) is 5.33. The fraction of sp³-hybridized carbons (Fsp3) is 0.208. The van der Waals surface area contributed by atoms with E-state index in [1.165, 1.54) is 0 Å². The summed E-state index contributed by atoms with van der Waals surface area (Å²) in [5, 5.41) is 3.63. The second kappa shape index (κ2) is 8.67. The van der Waals surface area contributed by atoms with Crippen molar-refractivity contribution in [2.75, 3.05) is 0 Å². The first-order valence-electron chi connectivity index (χ1n) is 9.88. The molecule has 0 fully saturated rings. The molecule has 5 nitrogen and oxygen atoms in total. The topological polar surface area (TPSA) is 62.3 Å². The van der Waals surface area contributed by atoms with E-state index in [9.17, 15) is 9.59 Å². The molecule has 2 aromatic carbocycles. The number of rotatable bonds is 6. The number of halogens is 1. The van der Waals surface area contributed by atoms with Crippen molar-refractivity contribution in [3.63, 3.8) is 0 Å². The van der Waals surface area contributed by atoms with Crippen molar-refractivity contribution >= 4 is 23.4 Å². The Morgan fingerprint density at radius 2 is 1.83 bits per heavy atom. The van der Waals surface area contributed by atoms with E-state index in [1.807, 2.05) is 55.5 Å². The number of carbonyl (C=O) groups excluding carboxylic acids is 2. The summed E-state index contributed by atoms with van der Waals surface area (Å²) in [6.45, 7) is 2.32. The molecule has 2 unspecified atom stereocenters. The molecule has 2 heterocycles. The van der Waals surface area contributed by atoms with Crippen LogP contribution in [-0.2, 0) is 17.8 Å². The monoisotopic (exact) mass is 419 g/mol. The highest BCUT2D eigenvalue weighted by Gasteiger charge is 2.43. The van der Waals surface area contributed by atoms with Gasteiger partial charge >= 0.3 is 0 Å². The van der Waals surface area contributed by atoms with Crippen molar-refractivity contribution in [3.05, 3.63) is 100 Å². The van der Waals surface area contributed by atoms with Crippen LogP contribution in [0.4, 0.5) is 0 Å². The molecule has 0 saturated carbocycles. The molecule has 30 heavy (non-hydrogen) atoms. The molecule has 0 saturated heterocycles. The molecule has 6 heteroatoms. The molecule has 2 atom stereocenters. The second-order valence-corrected chi connectivity index (χ2v) is 7.86. The van der Waals surface area contributed by atoms with Crippen molar-refractivity contribution in [2.45, 2.75) is 32.0 Å². The molecular weight excluding hydrogens is 398 g/mol. The summed E-state index contributed by atoms with van der Waals surface area (Å²) in [4.78, 5) is 32.4. The Bertz CT molecular complexity index is 1050. The van der Waals surface area contributed by atoms with Crippen LogP contribution in [0, 0.1) is 0 Å². The Morgan fingerprint density at radius 3 is 2.57 bits per heavy atom. The minimum absolute atomic E-state index is 0.124. The highest BCUT2D eigenvalue weighted by molar-refractivity contribution is 6.30. The first-order valence-corrected chi connectivity index (χ1v) is 10.3. The van der Waals surface area contributed by atoms with Crippen LogP contribution in [0.3, 0.4) is 0 Å². The molecule has 1 N–H and O–H groups in total. The lowest BCUT2D eigenvalue weighted by atomic mass is 10.0. The number of carbonyl (C=O) groups is 2.